The second kappa shape index (κ2) is 7.61. The Labute approximate surface area is 160 Å². The third kappa shape index (κ3) is 3.77. The number of nitrogens with one attached hydrogen (secondary N) is 1. The van der Waals surface area contributed by atoms with Gasteiger partial charge in [0.2, 0.25) is 9.84 Å². The maximum absolute atomic E-state index is 14.0. The van der Waals surface area contributed by atoms with Crippen LogP contribution in [-0.4, -0.2) is 25.4 Å². The normalized spacial score (nSPS) is 11.0. The summed E-state index contributed by atoms with van der Waals surface area (Å²) >= 11 is 0. The summed E-state index contributed by atoms with van der Waals surface area (Å²) < 4.78 is 39.1. The number of benzene rings is 3. The number of hydrogen-bond acceptors (Lipinski definition) is 4. The monoisotopic (exact) mass is 399 g/mol. The Hall–Kier alpha value is -3.52. The molecule has 0 aliphatic carbocycles. The van der Waals surface area contributed by atoms with Crippen LogP contribution in [0, 0.1) is 5.82 Å². The van der Waals surface area contributed by atoms with E-state index in [4.69, 9.17) is 5.11 Å². The summed E-state index contributed by atoms with van der Waals surface area (Å²) in [6.07, 6.45) is 0. The van der Waals surface area contributed by atoms with Crippen molar-refractivity contribution in [3.63, 3.8) is 0 Å². The van der Waals surface area contributed by atoms with Crippen molar-refractivity contribution in [1.29, 1.82) is 0 Å². The van der Waals surface area contributed by atoms with Gasteiger partial charge in [-0.2, -0.15) is 0 Å². The van der Waals surface area contributed by atoms with Crippen LogP contribution in [0.2, 0.25) is 0 Å². The fourth-order valence-corrected chi connectivity index (χ4v) is 3.86. The van der Waals surface area contributed by atoms with Crippen molar-refractivity contribution >= 4 is 27.4 Å². The number of sulfone groups is 1. The molecule has 0 fully saturated rings. The Bertz CT molecular complexity index is 1140. The molecule has 3 aromatic rings. The van der Waals surface area contributed by atoms with Crippen LogP contribution in [0.1, 0.15) is 20.7 Å². The zero-order chi connectivity index (χ0) is 20.3. The van der Waals surface area contributed by atoms with Crippen LogP contribution < -0.4 is 5.32 Å². The number of carbonyl (C=O) groups is 2. The Morgan fingerprint density at radius 1 is 0.821 bits per heavy atom. The fraction of sp³-hybridized carbons (Fsp3) is 0. The summed E-state index contributed by atoms with van der Waals surface area (Å²) in [5, 5.41) is 11.5. The van der Waals surface area contributed by atoms with Crippen LogP contribution >= 0.6 is 0 Å². The van der Waals surface area contributed by atoms with Gasteiger partial charge in [-0.15, -0.1) is 0 Å². The van der Waals surface area contributed by atoms with Crippen molar-refractivity contribution in [1.82, 2.24) is 0 Å². The van der Waals surface area contributed by atoms with E-state index in [9.17, 15) is 22.4 Å². The predicted octanol–water partition coefficient (Wildman–Crippen LogP) is 3.61. The summed E-state index contributed by atoms with van der Waals surface area (Å²) in [5.74, 6) is -3.36. The van der Waals surface area contributed by atoms with E-state index >= 15 is 0 Å². The second-order valence-corrected chi connectivity index (χ2v) is 7.71. The zero-order valence-corrected chi connectivity index (χ0v) is 15.1. The fourth-order valence-electron chi connectivity index (χ4n) is 2.58. The number of anilines is 1. The van der Waals surface area contributed by atoms with Crippen LogP contribution in [0.5, 0.6) is 0 Å². The van der Waals surface area contributed by atoms with Crippen LogP contribution in [0.4, 0.5) is 10.1 Å². The minimum Gasteiger partial charge on any atom is -0.478 e. The van der Waals surface area contributed by atoms with Crippen molar-refractivity contribution < 1.29 is 27.5 Å². The van der Waals surface area contributed by atoms with Gasteiger partial charge in [-0.05, 0) is 48.5 Å². The molecule has 0 spiro atoms. The largest absolute Gasteiger partial charge is 0.478 e. The summed E-state index contributed by atoms with van der Waals surface area (Å²) in [7, 11) is -3.71. The van der Waals surface area contributed by atoms with Crippen molar-refractivity contribution in [2.24, 2.45) is 0 Å². The Balaban J connectivity index is 1.86. The predicted molar refractivity (Wildman–Crippen MR) is 99.6 cm³/mol. The minimum atomic E-state index is -3.71. The van der Waals surface area contributed by atoms with Crippen LogP contribution in [0.3, 0.4) is 0 Å². The van der Waals surface area contributed by atoms with Crippen LogP contribution in [0.15, 0.2) is 82.6 Å². The molecule has 0 unspecified atom stereocenters. The number of carboxylic acids is 1. The van der Waals surface area contributed by atoms with E-state index in [1.165, 1.54) is 42.5 Å². The lowest BCUT2D eigenvalue weighted by Gasteiger charge is -2.10. The summed E-state index contributed by atoms with van der Waals surface area (Å²) in [6.45, 7) is 0. The molecule has 0 saturated carbocycles. The quantitative estimate of drug-likeness (QED) is 0.683. The molecule has 0 radical (unpaired) electrons. The number of carbonyl (C=O) groups excluding carboxylic acids is 1. The first-order valence-electron chi connectivity index (χ1n) is 8.04. The molecule has 142 valence electrons. The molecule has 28 heavy (non-hydrogen) atoms. The second-order valence-electron chi connectivity index (χ2n) is 5.76. The number of amides is 1. The van der Waals surface area contributed by atoms with Gasteiger partial charge in [-0.3, -0.25) is 4.79 Å². The van der Waals surface area contributed by atoms with Gasteiger partial charge in [0.25, 0.3) is 5.91 Å². The molecule has 3 rings (SSSR count). The lowest BCUT2D eigenvalue weighted by molar-refractivity contribution is 0.0691. The molecular weight excluding hydrogens is 385 g/mol. The summed E-state index contributed by atoms with van der Waals surface area (Å²) in [4.78, 5) is 23.7. The van der Waals surface area contributed by atoms with Gasteiger partial charge < -0.3 is 10.4 Å². The maximum Gasteiger partial charge on any atom is 0.336 e. The highest BCUT2D eigenvalue weighted by Crippen LogP contribution is 2.23. The van der Waals surface area contributed by atoms with E-state index in [0.29, 0.717) is 0 Å². The van der Waals surface area contributed by atoms with Crippen molar-refractivity contribution in [3.05, 3.63) is 89.7 Å². The number of halogens is 1. The number of hydrogen-bond donors (Lipinski definition) is 2. The van der Waals surface area contributed by atoms with Gasteiger partial charge in [0.15, 0.2) is 0 Å². The molecular formula is C20H14FNO5S. The number of carboxylic acid groups (broad SMARTS) is 1. The average molecular weight is 399 g/mol. The molecule has 0 heterocycles. The van der Waals surface area contributed by atoms with Crippen molar-refractivity contribution in [2.45, 2.75) is 9.79 Å². The Morgan fingerprint density at radius 3 is 2.04 bits per heavy atom. The van der Waals surface area contributed by atoms with Gasteiger partial charge in [-0.25, -0.2) is 17.6 Å². The van der Waals surface area contributed by atoms with Gasteiger partial charge in [-0.1, -0.05) is 24.3 Å². The van der Waals surface area contributed by atoms with Crippen molar-refractivity contribution in [3.8, 4) is 0 Å². The third-order valence-electron chi connectivity index (χ3n) is 3.95. The van der Waals surface area contributed by atoms with Crippen LogP contribution in [-0.2, 0) is 9.84 Å². The molecule has 2 N–H and O–H groups in total. The van der Waals surface area contributed by atoms with E-state index in [-0.39, 0.29) is 15.5 Å². The van der Waals surface area contributed by atoms with E-state index in [1.807, 2.05) is 0 Å². The van der Waals surface area contributed by atoms with Gasteiger partial charge >= 0.3 is 5.97 Å². The zero-order valence-electron chi connectivity index (χ0n) is 14.3. The molecule has 0 bridgehead atoms. The number of rotatable bonds is 5. The molecule has 8 heteroatoms. The highest BCUT2D eigenvalue weighted by Gasteiger charge is 2.21. The molecule has 0 saturated heterocycles. The van der Waals surface area contributed by atoms with E-state index in [2.05, 4.69) is 5.32 Å². The number of aromatic carboxylic acids is 1. The van der Waals surface area contributed by atoms with E-state index < -0.39 is 38.7 Å². The van der Waals surface area contributed by atoms with Gasteiger partial charge in [0.1, 0.15) is 5.82 Å². The lowest BCUT2D eigenvalue weighted by Crippen LogP contribution is -2.18. The molecule has 6 nitrogen and oxygen atoms in total. The minimum absolute atomic E-state index is 0.0221. The third-order valence-corrected chi connectivity index (χ3v) is 5.73. The first-order chi connectivity index (χ1) is 13.3. The molecule has 1 amide bonds. The first-order valence-corrected chi connectivity index (χ1v) is 9.52. The van der Waals surface area contributed by atoms with E-state index in [0.717, 1.165) is 12.1 Å². The maximum atomic E-state index is 14.0. The Morgan fingerprint density at radius 2 is 1.43 bits per heavy atom. The summed E-state index contributed by atoms with van der Waals surface area (Å²) in [5.41, 5.74) is -0.881. The molecule has 0 aromatic heterocycles. The standard InChI is InChI=1S/C20H14FNO5S/c21-17-8-4-7-16(20(24)25)18(17)19(23)22-13-9-11-15(12-10-13)28(26,27)14-5-2-1-3-6-14/h1-12H,(H,22,23)(H,24,25). The highest BCUT2D eigenvalue weighted by atomic mass is 32.2. The Kier molecular flexibility index (Phi) is 5.23. The van der Waals surface area contributed by atoms with Crippen LogP contribution in [0.25, 0.3) is 0 Å². The SMILES string of the molecule is O=C(O)c1cccc(F)c1C(=O)Nc1ccc(S(=O)(=O)c2ccccc2)cc1. The molecule has 0 aliphatic rings. The van der Waals surface area contributed by atoms with E-state index in [1.54, 1.807) is 18.2 Å². The topological polar surface area (TPSA) is 101 Å². The molecule has 0 aliphatic heterocycles. The smallest absolute Gasteiger partial charge is 0.336 e. The molecule has 0 atom stereocenters. The molecule has 3 aromatic carbocycles. The van der Waals surface area contributed by atoms with Gasteiger partial charge in [0, 0.05) is 5.69 Å². The average Bonchev–Trinajstić information content (AvgIpc) is 2.68. The lowest BCUT2D eigenvalue weighted by atomic mass is 10.1. The van der Waals surface area contributed by atoms with Gasteiger partial charge in [0.05, 0.1) is 20.9 Å². The highest BCUT2D eigenvalue weighted by molar-refractivity contribution is 7.91. The summed E-state index contributed by atoms with van der Waals surface area (Å²) in [6, 6.07) is 16.4. The first kappa shape index (κ1) is 19.2. The van der Waals surface area contributed by atoms with Crippen molar-refractivity contribution in [2.75, 3.05) is 5.32 Å².